The van der Waals surface area contributed by atoms with E-state index >= 15 is 0 Å². The van der Waals surface area contributed by atoms with E-state index in [0.717, 1.165) is 54.2 Å². The largest absolute Gasteiger partial charge is 0.354 e. The highest BCUT2D eigenvalue weighted by atomic mass is 32.1. The molecule has 0 fully saturated rings. The SMILES string of the molecule is CCc1nc2n(n1)CC(NC(=NC)NCc1csc(N(C)C)n1)CC2. The van der Waals surface area contributed by atoms with Gasteiger partial charge in [-0.25, -0.2) is 14.6 Å². The summed E-state index contributed by atoms with van der Waals surface area (Å²) in [6.07, 6.45) is 2.86. The molecule has 1 aliphatic rings. The Morgan fingerprint density at radius 2 is 2.28 bits per heavy atom. The zero-order valence-corrected chi connectivity index (χ0v) is 16.1. The lowest BCUT2D eigenvalue weighted by molar-refractivity contribution is 0.392. The number of aryl methyl sites for hydroxylation is 2. The van der Waals surface area contributed by atoms with Crippen LogP contribution < -0.4 is 15.5 Å². The molecule has 0 spiro atoms. The molecule has 0 saturated carbocycles. The van der Waals surface area contributed by atoms with Gasteiger partial charge in [0.2, 0.25) is 0 Å². The highest BCUT2D eigenvalue weighted by Crippen LogP contribution is 2.17. The van der Waals surface area contributed by atoms with E-state index in [1.54, 1.807) is 18.4 Å². The number of rotatable bonds is 5. The third kappa shape index (κ3) is 4.28. The van der Waals surface area contributed by atoms with Gasteiger partial charge < -0.3 is 15.5 Å². The molecule has 0 aliphatic carbocycles. The van der Waals surface area contributed by atoms with Crippen LogP contribution >= 0.6 is 11.3 Å². The van der Waals surface area contributed by atoms with Gasteiger partial charge in [-0.15, -0.1) is 11.3 Å². The Bertz CT molecular complexity index is 732. The molecule has 0 bridgehead atoms. The first kappa shape index (κ1) is 17.7. The molecule has 25 heavy (non-hydrogen) atoms. The fraction of sp³-hybridized carbons (Fsp3) is 0.625. The molecule has 3 rings (SSSR count). The zero-order valence-electron chi connectivity index (χ0n) is 15.3. The summed E-state index contributed by atoms with van der Waals surface area (Å²) in [5.41, 5.74) is 1.02. The number of nitrogens with zero attached hydrogens (tertiary/aromatic N) is 6. The maximum Gasteiger partial charge on any atom is 0.191 e. The normalized spacial score (nSPS) is 17.3. The second-order valence-corrected chi connectivity index (χ2v) is 7.14. The van der Waals surface area contributed by atoms with Gasteiger partial charge in [0, 0.05) is 45.4 Å². The first-order valence-electron chi connectivity index (χ1n) is 8.60. The third-order valence-electron chi connectivity index (χ3n) is 4.14. The molecule has 0 aromatic carbocycles. The first-order valence-corrected chi connectivity index (χ1v) is 9.48. The molecule has 2 aromatic heterocycles. The van der Waals surface area contributed by atoms with E-state index in [0.29, 0.717) is 12.6 Å². The molecule has 0 radical (unpaired) electrons. The highest BCUT2D eigenvalue weighted by Gasteiger charge is 2.22. The third-order valence-corrected chi connectivity index (χ3v) is 5.20. The summed E-state index contributed by atoms with van der Waals surface area (Å²) in [4.78, 5) is 15.5. The van der Waals surface area contributed by atoms with Crippen molar-refractivity contribution in [2.45, 2.75) is 45.3 Å². The van der Waals surface area contributed by atoms with Crippen LogP contribution in [0.5, 0.6) is 0 Å². The minimum atomic E-state index is 0.304. The van der Waals surface area contributed by atoms with Crippen molar-refractivity contribution in [3.63, 3.8) is 0 Å². The summed E-state index contributed by atoms with van der Waals surface area (Å²) in [6.45, 7) is 3.57. The van der Waals surface area contributed by atoms with Crippen molar-refractivity contribution in [2.24, 2.45) is 4.99 Å². The number of guanidine groups is 1. The van der Waals surface area contributed by atoms with Crippen molar-refractivity contribution < 1.29 is 0 Å². The summed E-state index contributed by atoms with van der Waals surface area (Å²) in [5.74, 6) is 2.82. The smallest absolute Gasteiger partial charge is 0.191 e. The molecule has 1 unspecified atom stereocenters. The van der Waals surface area contributed by atoms with Crippen molar-refractivity contribution in [1.82, 2.24) is 30.4 Å². The second kappa shape index (κ2) is 7.81. The van der Waals surface area contributed by atoms with Gasteiger partial charge in [-0.1, -0.05) is 6.92 Å². The van der Waals surface area contributed by atoms with Gasteiger partial charge in [0.05, 0.1) is 18.8 Å². The molecule has 136 valence electrons. The molecular weight excluding hydrogens is 336 g/mol. The van der Waals surface area contributed by atoms with Gasteiger partial charge in [-0.05, 0) is 6.42 Å². The first-order chi connectivity index (χ1) is 12.1. The number of nitrogens with one attached hydrogen (secondary N) is 2. The summed E-state index contributed by atoms with van der Waals surface area (Å²) in [5, 5.41) is 14.5. The quantitative estimate of drug-likeness (QED) is 0.611. The van der Waals surface area contributed by atoms with E-state index in [2.05, 4.69) is 43.0 Å². The van der Waals surface area contributed by atoms with Gasteiger partial charge in [0.25, 0.3) is 0 Å². The topological polar surface area (TPSA) is 83.3 Å². The van der Waals surface area contributed by atoms with E-state index in [9.17, 15) is 0 Å². The van der Waals surface area contributed by atoms with Gasteiger partial charge in [0.15, 0.2) is 16.9 Å². The molecular formula is C16H26N8S. The van der Waals surface area contributed by atoms with Crippen LogP contribution in [0.4, 0.5) is 5.13 Å². The van der Waals surface area contributed by atoms with Crippen molar-refractivity contribution in [3.8, 4) is 0 Å². The Hall–Kier alpha value is -2.16. The number of hydrogen-bond donors (Lipinski definition) is 2. The lowest BCUT2D eigenvalue weighted by Gasteiger charge is -2.25. The predicted octanol–water partition coefficient (Wildman–Crippen LogP) is 1.04. The fourth-order valence-electron chi connectivity index (χ4n) is 2.77. The van der Waals surface area contributed by atoms with E-state index in [-0.39, 0.29) is 0 Å². The maximum absolute atomic E-state index is 4.58. The van der Waals surface area contributed by atoms with Crippen LogP contribution in [-0.4, -0.2) is 52.9 Å². The molecule has 2 aromatic rings. The predicted molar refractivity (Wildman–Crippen MR) is 101 cm³/mol. The summed E-state index contributed by atoms with van der Waals surface area (Å²) in [6, 6.07) is 0.304. The maximum atomic E-state index is 4.58. The van der Waals surface area contributed by atoms with Crippen molar-refractivity contribution in [3.05, 3.63) is 22.7 Å². The van der Waals surface area contributed by atoms with Gasteiger partial charge >= 0.3 is 0 Å². The summed E-state index contributed by atoms with van der Waals surface area (Å²) < 4.78 is 2.02. The van der Waals surface area contributed by atoms with Crippen LogP contribution in [0.15, 0.2) is 10.4 Å². The number of thiazole rings is 1. The van der Waals surface area contributed by atoms with Crippen LogP contribution in [0, 0.1) is 0 Å². The number of fused-ring (bicyclic) bond motifs is 1. The van der Waals surface area contributed by atoms with Crippen molar-refractivity contribution in [1.29, 1.82) is 0 Å². The monoisotopic (exact) mass is 362 g/mol. The van der Waals surface area contributed by atoms with E-state index in [4.69, 9.17) is 0 Å². The van der Waals surface area contributed by atoms with Crippen LogP contribution in [0.1, 0.15) is 30.7 Å². The Morgan fingerprint density at radius 1 is 1.44 bits per heavy atom. The Morgan fingerprint density at radius 3 is 2.96 bits per heavy atom. The molecule has 1 atom stereocenters. The average molecular weight is 363 g/mol. The molecule has 3 heterocycles. The molecule has 2 N–H and O–H groups in total. The van der Waals surface area contributed by atoms with Crippen LogP contribution in [0.2, 0.25) is 0 Å². The van der Waals surface area contributed by atoms with Crippen LogP contribution in [-0.2, 0) is 25.9 Å². The molecule has 0 saturated heterocycles. The fourth-order valence-corrected chi connectivity index (χ4v) is 3.53. The highest BCUT2D eigenvalue weighted by molar-refractivity contribution is 7.13. The molecule has 8 nitrogen and oxygen atoms in total. The van der Waals surface area contributed by atoms with E-state index in [1.807, 2.05) is 23.7 Å². The minimum absolute atomic E-state index is 0.304. The number of aliphatic imine (C=N–C) groups is 1. The van der Waals surface area contributed by atoms with Gasteiger partial charge in [-0.2, -0.15) is 5.10 Å². The molecule has 1 aliphatic heterocycles. The van der Waals surface area contributed by atoms with E-state index in [1.165, 1.54) is 0 Å². The number of anilines is 1. The zero-order chi connectivity index (χ0) is 17.8. The van der Waals surface area contributed by atoms with Crippen molar-refractivity contribution >= 4 is 22.4 Å². The standard InChI is InChI=1S/C16H26N8S/c1-5-13-21-14-7-6-11(9-24(14)22-13)19-15(17-2)18-8-12-10-25-16(20-12)23(3)4/h10-11H,5-9H2,1-4H3,(H2,17,18,19). The van der Waals surface area contributed by atoms with Gasteiger partial charge in [0.1, 0.15) is 5.82 Å². The van der Waals surface area contributed by atoms with Crippen molar-refractivity contribution in [2.75, 3.05) is 26.0 Å². The Balaban J connectivity index is 1.54. The van der Waals surface area contributed by atoms with Gasteiger partial charge in [-0.3, -0.25) is 4.99 Å². The minimum Gasteiger partial charge on any atom is -0.354 e. The number of aromatic nitrogens is 4. The summed E-state index contributed by atoms with van der Waals surface area (Å²) in [7, 11) is 5.80. The van der Waals surface area contributed by atoms with E-state index < -0.39 is 0 Å². The second-order valence-electron chi connectivity index (χ2n) is 6.30. The summed E-state index contributed by atoms with van der Waals surface area (Å²) >= 11 is 1.65. The Labute approximate surface area is 152 Å². The lowest BCUT2D eigenvalue weighted by Crippen LogP contribution is -2.46. The van der Waals surface area contributed by atoms with Crippen LogP contribution in [0.25, 0.3) is 0 Å². The number of hydrogen-bond acceptors (Lipinski definition) is 6. The average Bonchev–Trinajstić information content (AvgIpc) is 3.24. The Kier molecular flexibility index (Phi) is 5.52. The lowest BCUT2D eigenvalue weighted by atomic mass is 10.1. The van der Waals surface area contributed by atoms with Crippen LogP contribution in [0.3, 0.4) is 0 Å². The molecule has 0 amide bonds. The molecule has 9 heteroatoms.